The van der Waals surface area contributed by atoms with Gasteiger partial charge in [0.25, 0.3) is 5.69 Å². The molecule has 25 heavy (non-hydrogen) atoms. The number of likely N-dealkylation sites (tertiary alicyclic amines) is 1. The minimum atomic E-state index is -0.831. The summed E-state index contributed by atoms with van der Waals surface area (Å²) in [7, 11) is 0. The van der Waals surface area contributed by atoms with Crippen molar-refractivity contribution in [2.75, 3.05) is 18.4 Å². The summed E-state index contributed by atoms with van der Waals surface area (Å²) < 4.78 is 26.2. The van der Waals surface area contributed by atoms with E-state index in [1.165, 1.54) is 18.3 Å². The van der Waals surface area contributed by atoms with E-state index < -0.39 is 16.6 Å². The van der Waals surface area contributed by atoms with Crippen LogP contribution in [0.15, 0.2) is 36.5 Å². The van der Waals surface area contributed by atoms with Gasteiger partial charge in [-0.05, 0) is 36.6 Å². The fourth-order valence-corrected chi connectivity index (χ4v) is 2.92. The van der Waals surface area contributed by atoms with Gasteiger partial charge in [0, 0.05) is 31.7 Å². The molecule has 2 heterocycles. The van der Waals surface area contributed by atoms with Gasteiger partial charge in [-0.1, -0.05) is 6.07 Å². The Morgan fingerprint density at radius 1 is 1.20 bits per heavy atom. The topological polar surface area (TPSA) is 71.3 Å². The standard InChI is InChI=1S/C17H18F2N4O2/c18-15-3-1-12(9-16(15)19)11-22-7-5-13(6-8-22)21-17-4-2-14(10-20-17)23(24)25/h1-4,9-10,13H,5-8,11H2,(H,20,21). The second kappa shape index (κ2) is 7.52. The first kappa shape index (κ1) is 17.2. The molecule has 1 aliphatic rings. The third-order valence-electron chi connectivity index (χ3n) is 4.29. The summed E-state index contributed by atoms with van der Waals surface area (Å²) in [5.74, 6) is -1.04. The average molecular weight is 348 g/mol. The zero-order valence-corrected chi connectivity index (χ0v) is 13.5. The Morgan fingerprint density at radius 2 is 1.96 bits per heavy atom. The number of benzene rings is 1. The number of halogens is 2. The molecule has 1 aromatic carbocycles. The smallest absolute Gasteiger partial charge is 0.287 e. The molecule has 132 valence electrons. The van der Waals surface area contributed by atoms with Crippen molar-refractivity contribution in [3.05, 3.63) is 63.8 Å². The number of piperidine rings is 1. The van der Waals surface area contributed by atoms with E-state index in [9.17, 15) is 18.9 Å². The highest BCUT2D eigenvalue weighted by molar-refractivity contribution is 5.40. The van der Waals surface area contributed by atoms with Gasteiger partial charge in [-0.3, -0.25) is 15.0 Å². The molecule has 0 saturated carbocycles. The molecule has 1 fully saturated rings. The van der Waals surface area contributed by atoms with Crippen LogP contribution in [0.5, 0.6) is 0 Å². The van der Waals surface area contributed by atoms with Crippen molar-refractivity contribution in [2.24, 2.45) is 0 Å². The van der Waals surface area contributed by atoms with Gasteiger partial charge in [0.05, 0.1) is 4.92 Å². The van der Waals surface area contributed by atoms with Crippen molar-refractivity contribution in [1.82, 2.24) is 9.88 Å². The first-order valence-corrected chi connectivity index (χ1v) is 8.04. The van der Waals surface area contributed by atoms with Gasteiger partial charge in [-0.2, -0.15) is 0 Å². The molecule has 0 bridgehead atoms. The molecule has 1 aromatic heterocycles. The van der Waals surface area contributed by atoms with Crippen LogP contribution in [0.2, 0.25) is 0 Å². The summed E-state index contributed by atoms with van der Waals surface area (Å²) >= 11 is 0. The van der Waals surface area contributed by atoms with E-state index in [2.05, 4.69) is 15.2 Å². The number of nitrogens with one attached hydrogen (secondary N) is 1. The highest BCUT2D eigenvalue weighted by Gasteiger charge is 2.20. The Morgan fingerprint density at radius 3 is 2.56 bits per heavy atom. The third-order valence-corrected chi connectivity index (χ3v) is 4.29. The molecule has 0 radical (unpaired) electrons. The minimum absolute atomic E-state index is 0.0353. The molecule has 6 nitrogen and oxygen atoms in total. The van der Waals surface area contributed by atoms with Crippen molar-refractivity contribution in [1.29, 1.82) is 0 Å². The number of nitrogens with zero attached hydrogens (tertiary/aromatic N) is 3. The third kappa shape index (κ3) is 4.48. The number of pyridine rings is 1. The van der Waals surface area contributed by atoms with Gasteiger partial charge in [-0.25, -0.2) is 13.8 Å². The molecule has 0 spiro atoms. The number of hydrogen-bond acceptors (Lipinski definition) is 5. The van der Waals surface area contributed by atoms with Crippen LogP contribution >= 0.6 is 0 Å². The highest BCUT2D eigenvalue weighted by Crippen LogP contribution is 2.19. The zero-order chi connectivity index (χ0) is 17.8. The molecule has 8 heteroatoms. The van der Waals surface area contributed by atoms with Crippen LogP contribution < -0.4 is 5.32 Å². The monoisotopic (exact) mass is 348 g/mol. The zero-order valence-electron chi connectivity index (χ0n) is 13.5. The average Bonchev–Trinajstić information content (AvgIpc) is 2.60. The summed E-state index contributed by atoms with van der Waals surface area (Å²) in [6.07, 6.45) is 2.99. The fraction of sp³-hybridized carbons (Fsp3) is 0.353. The van der Waals surface area contributed by atoms with Crippen LogP contribution in [0.3, 0.4) is 0 Å². The highest BCUT2D eigenvalue weighted by atomic mass is 19.2. The predicted molar refractivity (Wildman–Crippen MR) is 89.2 cm³/mol. The second-order valence-corrected chi connectivity index (χ2v) is 6.10. The Bertz CT molecular complexity index is 747. The Labute approximate surface area is 143 Å². The molecular weight excluding hydrogens is 330 g/mol. The summed E-state index contributed by atoms with van der Waals surface area (Å²) in [4.78, 5) is 16.4. The summed E-state index contributed by atoms with van der Waals surface area (Å²) in [5.41, 5.74) is 0.717. The van der Waals surface area contributed by atoms with Gasteiger partial charge in [0.1, 0.15) is 12.0 Å². The lowest BCUT2D eigenvalue weighted by atomic mass is 10.0. The van der Waals surface area contributed by atoms with Crippen LogP contribution in [0.1, 0.15) is 18.4 Å². The second-order valence-electron chi connectivity index (χ2n) is 6.10. The molecule has 0 atom stereocenters. The van der Waals surface area contributed by atoms with Gasteiger partial charge in [-0.15, -0.1) is 0 Å². The van der Waals surface area contributed by atoms with E-state index in [0.29, 0.717) is 12.4 Å². The van der Waals surface area contributed by atoms with Crippen molar-refractivity contribution < 1.29 is 13.7 Å². The maximum absolute atomic E-state index is 13.3. The predicted octanol–water partition coefficient (Wildman–Crippen LogP) is 3.34. The fourth-order valence-electron chi connectivity index (χ4n) is 2.92. The van der Waals surface area contributed by atoms with Crippen molar-refractivity contribution >= 4 is 11.5 Å². The van der Waals surface area contributed by atoms with Crippen LogP contribution in [-0.2, 0) is 6.54 Å². The number of nitro groups is 1. The Hall–Kier alpha value is -2.61. The number of rotatable bonds is 5. The van der Waals surface area contributed by atoms with E-state index in [0.717, 1.165) is 37.6 Å². The van der Waals surface area contributed by atoms with Crippen LogP contribution in [-0.4, -0.2) is 33.9 Å². The lowest BCUT2D eigenvalue weighted by molar-refractivity contribution is -0.385. The van der Waals surface area contributed by atoms with Gasteiger partial charge >= 0.3 is 0 Å². The molecule has 0 aliphatic carbocycles. The van der Waals surface area contributed by atoms with Gasteiger partial charge in [0.15, 0.2) is 11.6 Å². The molecule has 2 aromatic rings. The summed E-state index contributed by atoms with van der Waals surface area (Å²) in [6, 6.07) is 7.25. The SMILES string of the molecule is O=[N+]([O-])c1ccc(NC2CCN(Cc3ccc(F)c(F)c3)CC2)nc1. The maximum atomic E-state index is 13.3. The van der Waals surface area contributed by atoms with E-state index in [4.69, 9.17) is 0 Å². The number of anilines is 1. The number of hydrogen-bond donors (Lipinski definition) is 1. The first-order chi connectivity index (χ1) is 12.0. The molecule has 0 unspecified atom stereocenters. The maximum Gasteiger partial charge on any atom is 0.287 e. The minimum Gasteiger partial charge on any atom is -0.367 e. The first-order valence-electron chi connectivity index (χ1n) is 8.04. The molecule has 1 saturated heterocycles. The lowest BCUT2D eigenvalue weighted by Crippen LogP contribution is -2.38. The van der Waals surface area contributed by atoms with Crippen LogP contribution in [0, 0.1) is 21.7 Å². The largest absolute Gasteiger partial charge is 0.367 e. The lowest BCUT2D eigenvalue weighted by Gasteiger charge is -2.32. The summed E-state index contributed by atoms with van der Waals surface area (Å²) in [6.45, 7) is 2.23. The van der Waals surface area contributed by atoms with Crippen LogP contribution in [0.4, 0.5) is 20.3 Å². The van der Waals surface area contributed by atoms with Crippen molar-refractivity contribution in [3.63, 3.8) is 0 Å². The van der Waals surface area contributed by atoms with Crippen LogP contribution in [0.25, 0.3) is 0 Å². The van der Waals surface area contributed by atoms with E-state index in [-0.39, 0.29) is 11.7 Å². The Kier molecular flexibility index (Phi) is 5.18. The normalized spacial score (nSPS) is 15.9. The molecule has 1 aliphatic heterocycles. The quantitative estimate of drug-likeness (QED) is 0.663. The summed E-state index contributed by atoms with van der Waals surface area (Å²) in [5, 5.41) is 13.9. The van der Waals surface area contributed by atoms with E-state index in [1.807, 2.05) is 0 Å². The molecule has 3 rings (SSSR count). The Balaban J connectivity index is 1.49. The molecular formula is C17H18F2N4O2. The van der Waals surface area contributed by atoms with Crippen molar-refractivity contribution in [3.8, 4) is 0 Å². The van der Waals surface area contributed by atoms with Gasteiger partial charge < -0.3 is 5.32 Å². The van der Waals surface area contributed by atoms with E-state index in [1.54, 1.807) is 12.1 Å². The molecule has 1 N–H and O–H groups in total. The van der Waals surface area contributed by atoms with Crippen molar-refractivity contribution in [2.45, 2.75) is 25.4 Å². The number of aromatic nitrogens is 1. The van der Waals surface area contributed by atoms with Gasteiger partial charge in [0.2, 0.25) is 0 Å². The van der Waals surface area contributed by atoms with E-state index >= 15 is 0 Å². The molecule has 0 amide bonds.